The number of rotatable bonds is 7. The second kappa shape index (κ2) is 9.71. The standard InChI is InChI=1S/C23H28FN3O3/c1-17(28)19-5-7-20(8-6-19)27-12-10-26(11-13-27)16-23(29)25(2)15-18-4-9-22(30-3)21(24)14-18/h4-9,14H,10-13,15-16H2,1-3H3. The van der Waals surface area contributed by atoms with Crippen molar-refractivity contribution in [2.45, 2.75) is 13.5 Å². The predicted molar refractivity (Wildman–Crippen MR) is 115 cm³/mol. The highest BCUT2D eigenvalue weighted by Crippen LogP contribution is 2.19. The van der Waals surface area contributed by atoms with Gasteiger partial charge in [-0.15, -0.1) is 0 Å². The third-order valence-electron chi connectivity index (χ3n) is 5.43. The lowest BCUT2D eigenvalue weighted by Gasteiger charge is -2.36. The molecule has 6 nitrogen and oxygen atoms in total. The van der Waals surface area contributed by atoms with Crippen molar-refractivity contribution in [3.05, 3.63) is 59.4 Å². The lowest BCUT2D eigenvalue weighted by molar-refractivity contribution is -0.131. The lowest BCUT2D eigenvalue weighted by Crippen LogP contribution is -2.49. The summed E-state index contributed by atoms with van der Waals surface area (Å²) in [6, 6.07) is 12.4. The Bertz CT molecular complexity index is 893. The zero-order valence-corrected chi connectivity index (χ0v) is 17.7. The van der Waals surface area contributed by atoms with Crippen LogP contribution >= 0.6 is 0 Å². The van der Waals surface area contributed by atoms with Crippen LogP contribution in [0.1, 0.15) is 22.8 Å². The third-order valence-corrected chi connectivity index (χ3v) is 5.43. The normalized spacial score (nSPS) is 14.5. The molecule has 1 aliphatic rings. The average Bonchev–Trinajstić information content (AvgIpc) is 2.74. The first-order chi connectivity index (χ1) is 14.4. The van der Waals surface area contributed by atoms with E-state index >= 15 is 0 Å². The fourth-order valence-corrected chi connectivity index (χ4v) is 3.55. The van der Waals surface area contributed by atoms with E-state index in [0.29, 0.717) is 18.7 Å². The molecule has 1 heterocycles. The predicted octanol–water partition coefficient (Wildman–Crippen LogP) is 2.82. The van der Waals surface area contributed by atoms with Gasteiger partial charge in [0.25, 0.3) is 0 Å². The quantitative estimate of drug-likeness (QED) is 0.654. The van der Waals surface area contributed by atoms with Gasteiger partial charge < -0.3 is 14.5 Å². The van der Waals surface area contributed by atoms with E-state index in [1.807, 2.05) is 24.3 Å². The maximum absolute atomic E-state index is 13.9. The number of ketones is 1. The molecule has 3 rings (SSSR count). The molecule has 0 unspecified atom stereocenters. The molecule has 0 bridgehead atoms. The summed E-state index contributed by atoms with van der Waals surface area (Å²) in [6.07, 6.45) is 0. The lowest BCUT2D eigenvalue weighted by atomic mass is 10.1. The molecule has 0 spiro atoms. The van der Waals surface area contributed by atoms with Gasteiger partial charge in [-0.2, -0.15) is 0 Å². The van der Waals surface area contributed by atoms with E-state index in [-0.39, 0.29) is 17.4 Å². The Morgan fingerprint density at radius 3 is 2.30 bits per heavy atom. The molecule has 30 heavy (non-hydrogen) atoms. The van der Waals surface area contributed by atoms with Crippen LogP contribution in [0.2, 0.25) is 0 Å². The van der Waals surface area contributed by atoms with Crippen LogP contribution in [0.15, 0.2) is 42.5 Å². The fraction of sp³-hybridized carbons (Fsp3) is 0.391. The summed E-state index contributed by atoms with van der Waals surface area (Å²) in [4.78, 5) is 30.0. The number of nitrogens with zero attached hydrogens (tertiary/aromatic N) is 3. The Labute approximate surface area is 176 Å². The van der Waals surface area contributed by atoms with Crippen molar-refractivity contribution in [3.8, 4) is 5.75 Å². The average molecular weight is 413 g/mol. The second-order valence-corrected chi connectivity index (χ2v) is 7.58. The monoisotopic (exact) mass is 413 g/mol. The Morgan fingerprint density at radius 2 is 1.73 bits per heavy atom. The number of ether oxygens (including phenoxy) is 1. The highest BCUT2D eigenvalue weighted by molar-refractivity contribution is 5.94. The summed E-state index contributed by atoms with van der Waals surface area (Å²) in [5.41, 5.74) is 2.52. The number of amides is 1. The zero-order chi connectivity index (χ0) is 21.7. The number of methoxy groups -OCH3 is 1. The van der Waals surface area contributed by atoms with Gasteiger partial charge in [-0.1, -0.05) is 6.07 Å². The largest absolute Gasteiger partial charge is 0.494 e. The van der Waals surface area contributed by atoms with Crippen molar-refractivity contribution >= 4 is 17.4 Å². The van der Waals surface area contributed by atoms with E-state index in [1.165, 1.54) is 13.2 Å². The molecule has 0 radical (unpaired) electrons. The Kier molecular flexibility index (Phi) is 7.05. The summed E-state index contributed by atoms with van der Waals surface area (Å²) in [6.45, 7) is 5.46. The number of carbonyl (C=O) groups is 2. The molecule has 2 aromatic carbocycles. The van der Waals surface area contributed by atoms with Gasteiger partial charge in [0.1, 0.15) is 0 Å². The van der Waals surface area contributed by atoms with Gasteiger partial charge in [0.05, 0.1) is 13.7 Å². The van der Waals surface area contributed by atoms with Crippen molar-refractivity contribution in [3.63, 3.8) is 0 Å². The molecule has 0 atom stereocenters. The zero-order valence-electron chi connectivity index (χ0n) is 17.7. The Balaban J connectivity index is 1.48. The van der Waals surface area contributed by atoms with Crippen LogP contribution in [0.3, 0.4) is 0 Å². The van der Waals surface area contributed by atoms with Crippen LogP contribution in [-0.2, 0) is 11.3 Å². The highest BCUT2D eigenvalue weighted by Gasteiger charge is 2.21. The van der Waals surface area contributed by atoms with E-state index in [2.05, 4.69) is 9.80 Å². The summed E-state index contributed by atoms with van der Waals surface area (Å²) in [7, 11) is 3.16. The molecule has 160 valence electrons. The van der Waals surface area contributed by atoms with Crippen LogP contribution in [0.4, 0.5) is 10.1 Å². The number of anilines is 1. The van der Waals surface area contributed by atoms with E-state index in [0.717, 1.165) is 37.4 Å². The molecule has 2 aromatic rings. The molecule has 0 aliphatic carbocycles. The van der Waals surface area contributed by atoms with E-state index < -0.39 is 5.82 Å². The molecule has 1 amide bonds. The maximum atomic E-state index is 13.9. The van der Waals surface area contributed by atoms with Gasteiger partial charge >= 0.3 is 0 Å². The highest BCUT2D eigenvalue weighted by atomic mass is 19.1. The number of likely N-dealkylation sites (N-methyl/N-ethyl adjacent to an activating group) is 1. The maximum Gasteiger partial charge on any atom is 0.236 e. The summed E-state index contributed by atoms with van der Waals surface area (Å²) in [5.74, 6) is -0.165. The number of Topliss-reactive ketones (excluding diaryl/α,β-unsaturated/α-hetero) is 1. The smallest absolute Gasteiger partial charge is 0.236 e. The van der Waals surface area contributed by atoms with Crippen LogP contribution in [0.25, 0.3) is 0 Å². The van der Waals surface area contributed by atoms with Crippen molar-refractivity contribution in [2.75, 3.05) is 51.8 Å². The van der Waals surface area contributed by atoms with Gasteiger partial charge in [-0.25, -0.2) is 4.39 Å². The van der Waals surface area contributed by atoms with Gasteiger partial charge in [0, 0.05) is 51.0 Å². The first kappa shape index (κ1) is 21.8. The SMILES string of the molecule is COc1ccc(CN(C)C(=O)CN2CCN(c3ccc(C(C)=O)cc3)CC2)cc1F. The molecular formula is C23H28FN3O3. The van der Waals surface area contributed by atoms with Crippen molar-refractivity contribution in [1.82, 2.24) is 9.80 Å². The van der Waals surface area contributed by atoms with Gasteiger partial charge in [0.2, 0.25) is 5.91 Å². The topological polar surface area (TPSA) is 53.1 Å². The van der Waals surface area contributed by atoms with Crippen LogP contribution in [-0.4, -0.2) is 68.4 Å². The molecule has 1 aliphatic heterocycles. The van der Waals surface area contributed by atoms with Crippen LogP contribution < -0.4 is 9.64 Å². The summed E-state index contributed by atoms with van der Waals surface area (Å²) >= 11 is 0. The molecule has 1 saturated heterocycles. The van der Waals surface area contributed by atoms with Crippen LogP contribution in [0.5, 0.6) is 5.75 Å². The summed E-state index contributed by atoms with van der Waals surface area (Å²) in [5, 5.41) is 0. The minimum atomic E-state index is -0.427. The van der Waals surface area contributed by atoms with Gasteiger partial charge in [-0.3, -0.25) is 14.5 Å². The molecule has 0 N–H and O–H groups in total. The number of benzene rings is 2. The number of carbonyl (C=O) groups excluding carboxylic acids is 2. The number of piperazine rings is 1. The first-order valence-corrected chi connectivity index (χ1v) is 10.0. The number of hydrogen-bond donors (Lipinski definition) is 0. The Hall–Kier alpha value is -2.93. The minimum absolute atomic E-state index is 0.00508. The Morgan fingerprint density at radius 1 is 1.07 bits per heavy atom. The second-order valence-electron chi connectivity index (χ2n) is 7.58. The van der Waals surface area contributed by atoms with E-state index in [9.17, 15) is 14.0 Å². The molecule has 1 fully saturated rings. The first-order valence-electron chi connectivity index (χ1n) is 10.0. The van der Waals surface area contributed by atoms with Crippen molar-refractivity contribution in [1.29, 1.82) is 0 Å². The fourth-order valence-electron chi connectivity index (χ4n) is 3.55. The minimum Gasteiger partial charge on any atom is -0.494 e. The molecule has 0 aromatic heterocycles. The number of halogens is 1. The third kappa shape index (κ3) is 5.36. The van der Waals surface area contributed by atoms with Crippen molar-refractivity contribution < 1.29 is 18.7 Å². The number of hydrogen-bond acceptors (Lipinski definition) is 5. The van der Waals surface area contributed by atoms with Gasteiger partial charge in [-0.05, 0) is 48.9 Å². The van der Waals surface area contributed by atoms with E-state index in [1.54, 1.807) is 31.0 Å². The van der Waals surface area contributed by atoms with E-state index in [4.69, 9.17) is 4.74 Å². The van der Waals surface area contributed by atoms with Gasteiger partial charge in [0.15, 0.2) is 17.3 Å². The molecule has 7 heteroatoms. The van der Waals surface area contributed by atoms with Crippen molar-refractivity contribution in [2.24, 2.45) is 0 Å². The molecular weight excluding hydrogens is 385 g/mol. The summed E-state index contributed by atoms with van der Waals surface area (Å²) < 4.78 is 18.8. The molecule has 0 saturated carbocycles. The van der Waals surface area contributed by atoms with Crippen LogP contribution in [0, 0.1) is 5.82 Å².